The van der Waals surface area contributed by atoms with Gasteiger partial charge in [0.15, 0.2) is 0 Å². The first-order valence-corrected chi connectivity index (χ1v) is 9.06. The molecular weight excluding hydrogens is 328 g/mol. The number of hydrogen-bond acceptors (Lipinski definition) is 5. The lowest BCUT2D eigenvalue weighted by Crippen LogP contribution is -2.55. The molecule has 2 saturated heterocycles. The average Bonchev–Trinajstić information content (AvgIpc) is 3.10. The molecule has 0 unspecified atom stereocenters. The summed E-state index contributed by atoms with van der Waals surface area (Å²) in [6, 6.07) is 3.50. The van der Waals surface area contributed by atoms with Crippen LogP contribution in [0.25, 0.3) is 0 Å². The molecule has 1 aromatic heterocycles. The molecule has 2 amide bonds. The summed E-state index contributed by atoms with van der Waals surface area (Å²) in [4.78, 5) is 40.4. The van der Waals surface area contributed by atoms with Crippen LogP contribution in [0.3, 0.4) is 0 Å². The summed E-state index contributed by atoms with van der Waals surface area (Å²) in [5.74, 6) is -0.889. The molecule has 0 aromatic carbocycles. The molecule has 2 aliphatic heterocycles. The van der Waals surface area contributed by atoms with Gasteiger partial charge < -0.3 is 14.5 Å². The molecule has 0 spiro atoms. The zero-order chi connectivity index (χ0) is 17.3. The van der Waals surface area contributed by atoms with Gasteiger partial charge in [0.05, 0.1) is 11.5 Å². The SMILES string of the molecule is CC1(C)COC(=O)N(C2CCN(C(=O)C(=O)c3cccs3)CC2)C1. The first kappa shape index (κ1) is 17.0. The Labute approximate surface area is 145 Å². The first-order valence-electron chi connectivity index (χ1n) is 8.18. The summed E-state index contributed by atoms with van der Waals surface area (Å²) in [7, 11) is 0. The fourth-order valence-corrected chi connectivity index (χ4v) is 3.88. The van der Waals surface area contributed by atoms with E-state index in [1.165, 1.54) is 11.3 Å². The molecule has 0 N–H and O–H groups in total. The summed E-state index contributed by atoms with van der Waals surface area (Å²) in [5, 5.41) is 1.79. The topological polar surface area (TPSA) is 66.9 Å². The van der Waals surface area contributed by atoms with Crippen molar-refractivity contribution >= 4 is 29.1 Å². The Kier molecular flexibility index (Phi) is 4.62. The van der Waals surface area contributed by atoms with Gasteiger partial charge in [-0.2, -0.15) is 0 Å². The third kappa shape index (κ3) is 3.45. The number of carbonyl (C=O) groups is 3. The van der Waals surface area contributed by atoms with Crippen molar-refractivity contribution < 1.29 is 19.1 Å². The molecule has 1 aromatic rings. The fraction of sp³-hybridized carbons (Fsp3) is 0.588. The lowest BCUT2D eigenvalue weighted by molar-refractivity contribution is -0.128. The van der Waals surface area contributed by atoms with Crippen molar-refractivity contribution in [2.24, 2.45) is 5.41 Å². The normalized spacial score (nSPS) is 21.5. The highest BCUT2D eigenvalue weighted by Crippen LogP contribution is 2.28. The van der Waals surface area contributed by atoms with E-state index in [2.05, 4.69) is 13.8 Å². The van der Waals surface area contributed by atoms with E-state index in [9.17, 15) is 14.4 Å². The van der Waals surface area contributed by atoms with Crippen molar-refractivity contribution in [3.8, 4) is 0 Å². The van der Waals surface area contributed by atoms with Gasteiger partial charge in [0.2, 0.25) is 0 Å². The molecule has 3 heterocycles. The van der Waals surface area contributed by atoms with E-state index in [1.54, 1.807) is 27.3 Å². The van der Waals surface area contributed by atoms with E-state index in [1.807, 2.05) is 0 Å². The highest BCUT2D eigenvalue weighted by molar-refractivity contribution is 7.13. The second-order valence-electron chi connectivity index (χ2n) is 7.18. The monoisotopic (exact) mass is 350 g/mol. The van der Waals surface area contributed by atoms with E-state index < -0.39 is 11.7 Å². The van der Waals surface area contributed by atoms with Gasteiger partial charge in [-0.25, -0.2) is 4.79 Å². The van der Waals surface area contributed by atoms with E-state index in [-0.39, 0.29) is 17.6 Å². The third-order valence-corrected chi connectivity index (χ3v) is 5.42. The van der Waals surface area contributed by atoms with Crippen molar-refractivity contribution in [3.05, 3.63) is 22.4 Å². The van der Waals surface area contributed by atoms with Crippen LogP contribution in [0.15, 0.2) is 17.5 Å². The second kappa shape index (κ2) is 6.55. The van der Waals surface area contributed by atoms with Crippen LogP contribution in [0.5, 0.6) is 0 Å². The van der Waals surface area contributed by atoms with Crippen molar-refractivity contribution in [1.82, 2.24) is 9.80 Å². The fourth-order valence-electron chi connectivity index (χ4n) is 3.23. The molecule has 0 aliphatic carbocycles. The van der Waals surface area contributed by atoms with Crippen LogP contribution < -0.4 is 0 Å². The van der Waals surface area contributed by atoms with Gasteiger partial charge in [-0.15, -0.1) is 11.3 Å². The van der Waals surface area contributed by atoms with Crippen LogP contribution in [-0.2, 0) is 9.53 Å². The molecular formula is C17H22N2O4S. The molecule has 0 atom stereocenters. The van der Waals surface area contributed by atoms with Gasteiger partial charge >= 0.3 is 6.09 Å². The molecule has 24 heavy (non-hydrogen) atoms. The molecule has 2 aliphatic rings. The van der Waals surface area contributed by atoms with Gasteiger partial charge in [0.1, 0.15) is 0 Å². The van der Waals surface area contributed by atoms with Gasteiger partial charge in [-0.1, -0.05) is 19.9 Å². The number of cyclic esters (lactones) is 1. The Bertz CT molecular complexity index is 633. The minimum atomic E-state index is -0.447. The molecule has 2 fully saturated rings. The van der Waals surface area contributed by atoms with Crippen molar-refractivity contribution in [2.75, 3.05) is 26.2 Å². The molecule has 0 radical (unpaired) electrons. The van der Waals surface area contributed by atoms with Gasteiger partial charge in [0.25, 0.3) is 11.7 Å². The maximum atomic E-state index is 12.3. The number of likely N-dealkylation sites (tertiary alicyclic amines) is 1. The molecule has 7 heteroatoms. The Morgan fingerprint density at radius 1 is 1.29 bits per heavy atom. The summed E-state index contributed by atoms with van der Waals surface area (Å²) in [6.45, 7) is 6.23. The minimum absolute atomic E-state index is 0.0595. The predicted molar refractivity (Wildman–Crippen MR) is 90.1 cm³/mol. The molecule has 3 rings (SSSR count). The summed E-state index contributed by atoms with van der Waals surface area (Å²) in [6.07, 6.45) is 1.08. The number of nitrogens with zero attached hydrogens (tertiary/aromatic N) is 2. The lowest BCUT2D eigenvalue weighted by atomic mass is 9.91. The average molecular weight is 350 g/mol. The van der Waals surface area contributed by atoms with E-state index in [0.29, 0.717) is 44.0 Å². The Morgan fingerprint density at radius 3 is 2.62 bits per heavy atom. The largest absolute Gasteiger partial charge is 0.449 e. The number of ether oxygens (including phenoxy) is 1. The number of hydrogen-bond donors (Lipinski definition) is 0. The molecule has 0 saturated carbocycles. The van der Waals surface area contributed by atoms with Crippen molar-refractivity contribution in [2.45, 2.75) is 32.7 Å². The number of Topliss-reactive ketones (excluding diaryl/α,β-unsaturated/α-hetero) is 1. The summed E-state index contributed by atoms with van der Waals surface area (Å²) >= 11 is 1.28. The molecule has 6 nitrogen and oxygen atoms in total. The van der Waals surface area contributed by atoms with Crippen LogP contribution >= 0.6 is 11.3 Å². The highest BCUT2D eigenvalue weighted by Gasteiger charge is 2.39. The van der Waals surface area contributed by atoms with Crippen LogP contribution in [0.4, 0.5) is 4.79 Å². The maximum Gasteiger partial charge on any atom is 0.410 e. The number of thiophene rings is 1. The van der Waals surface area contributed by atoms with Gasteiger partial charge in [-0.3, -0.25) is 9.59 Å². The predicted octanol–water partition coefficient (Wildman–Crippen LogP) is 2.40. The van der Waals surface area contributed by atoms with Crippen LogP contribution in [0.2, 0.25) is 0 Å². The number of rotatable bonds is 3. The van der Waals surface area contributed by atoms with Gasteiger partial charge in [0, 0.05) is 31.1 Å². The minimum Gasteiger partial charge on any atom is -0.449 e. The smallest absolute Gasteiger partial charge is 0.410 e. The zero-order valence-electron chi connectivity index (χ0n) is 14.0. The Hall–Kier alpha value is -1.89. The zero-order valence-corrected chi connectivity index (χ0v) is 14.8. The number of amides is 2. The summed E-state index contributed by atoms with van der Waals surface area (Å²) < 4.78 is 5.27. The van der Waals surface area contributed by atoms with E-state index >= 15 is 0 Å². The number of piperidine rings is 1. The number of ketones is 1. The standard InChI is InChI=1S/C17H22N2O4S/c1-17(2)10-19(16(22)23-11-17)12-5-7-18(8-6-12)15(21)14(20)13-4-3-9-24-13/h3-4,9,12H,5-8,10-11H2,1-2H3. The van der Waals surface area contributed by atoms with E-state index in [0.717, 1.165) is 0 Å². The summed E-state index contributed by atoms with van der Waals surface area (Å²) in [5.41, 5.74) is -0.0595. The first-order chi connectivity index (χ1) is 11.4. The Balaban J connectivity index is 1.58. The second-order valence-corrected chi connectivity index (χ2v) is 8.12. The van der Waals surface area contributed by atoms with E-state index in [4.69, 9.17) is 4.74 Å². The quantitative estimate of drug-likeness (QED) is 0.620. The van der Waals surface area contributed by atoms with Crippen molar-refractivity contribution in [3.63, 3.8) is 0 Å². The third-order valence-electron chi connectivity index (χ3n) is 4.55. The van der Waals surface area contributed by atoms with Crippen LogP contribution in [0, 0.1) is 5.41 Å². The Morgan fingerprint density at radius 2 is 2.00 bits per heavy atom. The highest BCUT2D eigenvalue weighted by atomic mass is 32.1. The van der Waals surface area contributed by atoms with Crippen molar-refractivity contribution in [1.29, 1.82) is 0 Å². The number of carbonyl (C=O) groups excluding carboxylic acids is 3. The molecule has 0 bridgehead atoms. The van der Waals surface area contributed by atoms with Crippen LogP contribution in [0.1, 0.15) is 36.4 Å². The lowest BCUT2D eigenvalue weighted by Gasteiger charge is -2.44. The van der Waals surface area contributed by atoms with Gasteiger partial charge in [-0.05, 0) is 24.3 Å². The maximum absolute atomic E-state index is 12.3. The molecule has 130 valence electrons. The van der Waals surface area contributed by atoms with Crippen LogP contribution in [-0.4, -0.2) is 59.9 Å².